The fraction of sp³-hybridized carbons (Fsp3) is 0.353. The predicted molar refractivity (Wildman–Crippen MR) is 90.1 cm³/mol. The van der Waals surface area contributed by atoms with Gasteiger partial charge in [-0.05, 0) is 38.5 Å². The lowest BCUT2D eigenvalue weighted by Crippen LogP contribution is -2.28. The molecule has 0 saturated carbocycles. The van der Waals surface area contributed by atoms with Crippen molar-refractivity contribution in [3.05, 3.63) is 41.2 Å². The van der Waals surface area contributed by atoms with Crippen LogP contribution in [0, 0.1) is 13.8 Å². The van der Waals surface area contributed by atoms with Crippen molar-refractivity contribution in [2.75, 3.05) is 5.32 Å². The van der Waals surface area contributed by atoms with E-state index < -0.39 is 6.10 Å². The van der Waals surface area contributed by atoms with Crippen molar-refractivity contribution in [3.8, 4) is 5.75 Å². The van der Waals surface area contributed by atoms with E-state index in [1.165, 1.54) is 0 Å². The minimum absolute atomic E-state index is 0.0214. The average molecular weight is 328 g/mol. The Morgan fingerprint density at radius 1 is 1.46 bits per heavy atom. The maximum absolute atomic E-state index is 12.4. The van der Waals surface area contributed by atoms with Crippen LogP contribution in [-0.4, -0.2) is 32.6 Å². The fourth-order valence-electron chi connectivity index (χ4n) is 2.60. The van der Waals surface area contributed by atoms with E-state index in [9.17, 15) is 9.90 Å². The van der Waals surface area contributed by atoms with Gasteiger partial charge in [0, 0.05) is 24.7 Å². The standard InChI is InChI=1S/C17H20N4O3/c1-4-21-9-12(11(3)19-21)13-8-16(24-20-13)17(23)18-14-7-10(2)5-6-15(14)22/h5-7,9,16,22H,4,8H2,1-3H3,(H,18,23). The van der Waals surface area contributed by atoms with E-state index in [0.717, 1.165) is 23.4 Å². The molecule has 0 fully saturated rings. The van der Waals surface area contributed by atoms with Gasteiger partial charge < -0.3 is 15.3 Å². The zero-order valence-electron chi connectivity index (χ0n) is 13.9. The van der Waals surface area contributed by atoms with Crippen molar-refractivity contribution in [1.82, 2.24) is 9.78 Å². The van der Waals surface area contributed by atoms with Gasteiger partial charge in [-0.3, -0.25) is 9.48 Å². The first-order valence-corrected chi connectivity index (χ1v) is 7.85. The Morgan fingerprint density at radius 2 is 2.25 bits per heavy atom. The molecule has 1 amide bonds. The Kier molecular flexibility index (Phi) is 4.24. The minimum atomic E-state index is -0.718. The van der Waals surface area contributed by atoms with Gasteiger partial charge in [-0.1, -0.05) is 11.2 Å². The molecular weight excluding hydrogens is 308 g/mol. The lowest BCUT2D eigenvalue weighted by molar-refractivity contribution is -0.125. The number of hydrogen-bond acceptors (Lipinski definition) is 5. The molecule has 7 heteroatoms. The van der Waals surface area contributed by atoms with Crippen molar-refractivity contribution in [2.24, 2.45) is 5.16 Å². The highest BCUT2D eigenvalue weighted by molar-refractivity contribution is 6.06. The summed E-state index contributed by atoms with van der Waals surface area (Å²) in [5.74, 6) is -0.316. The molecule has 1 aromatic carbocycles. The summed E-state index contributed by atoms with van der Waals surface area (Å²) in [6, 6.07) is 5.02. The lowest BCUT2D eigenvalue weighted by Gasteiger charge is -2.11. The number of amides is 1. The number of oxime groups is 1. The number of benzene rings is 1. The smallest absolute Gasteiger partial charge is 0.268 e. The van der Waals surface area contributed by atoms with Crippen LogP contribution in [0.4, 0.5) is 5.69 Å². The van der Waals surface area contributed by atoms with Crippen LogP contribution in [0.5, 0.6) is 5.75 Å². The lowest BCUT2D eigenvalue weighted by atomic mass is 10.1. The zero-order valence-corrected chi connectivity index (χ0v) is 13.9. The van der Waals surface area contributed by atoms with Gasteiger partial charge in [0.15, 0.2) is 0 Å². The summed E-state index contributed by atoms with van der Waals surface area (Å²) in [6.07, 6.45) is 1.56. The Labute approximate surface area is 139 Å². The summed E-state index contributed by atoms with van der Waals surface area (Å²) in [5, 5.41) is 20.9. The third-order valence-corrected chi connectivity index (χ3v) is 3.95. The predicted octanol–water partition coefficient (Wildman–Crippen LogP) is 2.36. The van der Waals surface area contributed by atoms with E-state index in [0.29, 0.717) is 17.8 Å². The van der Waals surface area contributed by atoms with Gasteiger partial charge in [0.05, 0.1) is 17.1 Å². The molecule has 3 rings (SSSR count). The fourth-order valence-corrected chi connectivity index (χ4v) is 2.60. The second-order valence-corrected chi connectivity index (χ2v) is 5.83. The van der Waals surface area contributed by atoms with Gasteiger partial charge >= 0.3 is 0 Å². The number of nitrogens with zero attached hydrogens (tertiary/aromatic N) is 3. The molecule has 2 N–H and O–H groups in total. The number of aromatic nitrogens is 2. The molecule has 0 saturated heterocycles. The normalized spacial score (nSPS) is 16.6. The topological polar surface area (TPSA) is 88.7 Å². The van der Waals surface area contributed by atoms with E-state index in [4.69, 9.17) is 4.84 Å². The molecule has 7 nitrogen and oxygen atoms in total. The highest BCUT2D eigenvalue weighted by atomic mass is 16.6. The van der Waals surface area contributed by atoms with Gasteiger partial charge in [0.25, 0.3) is 5.91 Å². The first-order chi connectivity index (χ1) is 11.5. The Balaban J connectivity index is 1.69. The third kappa shape index (κ3) is 3.10. The molecular formula is C17H20N4O3. The maximum atomic E-state index is 12.4. The van der Waals surface area contributed by atoms with Crippen LogP contribution < -0.4 is 5.32 Å². The molecule has 0 spiro atoms. The van der Waals surface area contributed by atoms with Gasteiger partial charge in [-0.15, -0.1) is 0 Å². The number of anilines is 1. The van der Waals surface area contributed by atoms with Crippen LogP contribution in [0.2, 0.25) is 0 Å². The van der Waals surface area contributed by atoms with E-state index >= 15 is 0 Å². The number of nitrogens with one attached hydrogen (secondary N) is 1. The molecule has 126 valence electrons. The minimum Gasteiger partial charge on any atom is -0.506 e. The first-order valence-electron chi connectivity index (χ1n) is 7.85. The van der Waals surface area contributed by atoms with E-state index in [1.807, 2.05) is 31.6 Å². The van der Waals surface area contributed by atoms with Crippen LogP contribution in [0.1, 0.15) is 30.2 Å². The van der Waals surface area contributed by atoms with Gasteiger partial charge in [-0.2, -0.15) is 5.10 Å². The highest BCUT2D eigenvalue weighted by Gasteiger charge is 2.30. The summed E-state index contributed by atoms with van der Waals surface area (Å²) in [6.45, 7) is 6.57. The van der Waals surface area contributed by atoms with Gasteiger partial charge in [0.1, 0.15) is 5.75 Å². The molecule has 2 heterocycles. The quantitative estimate of drug-likeness (QED) is 0.843. The van der Waals surface area contributed by atoms with Crippen LogP contribution in [-0.2, 0) is 16.2 Å². The maximum Gasteiger partial charge on any atom is 0.268 e. The second kappa shape index (κ2) is 6.35. The van der Waals surface area contributed by atoms with Gasteiger partial charge in [-0.25, -0.2) is 0 Å². The number of aryl methyl sites for hydroxylation is 3. The van der Waals surface area contributed by atoms with Crippen LogP contribution in [0.25, 0.3) is 0 Å². The summed E-state index contributed by atoms with van der Waals surface area (Å²) >= 11 is 0. The Morgan fingerprint density at radius 3 is 2.96 bits per heavy atom. The summed E-state index contributed by atoms with van der Waals surface area (Å²) in [4.78, 5) is 17.6. The molecule has 2 aromatic rings. The Hall–Kier alpha value is -2.83. The van der Waals surface area contributed by atoms with Crippen molar-refractivity contribution in [3.63, 3.8) is 0 Å². The van der Waals surface area contributed by atoms with Crippen LogP contribution in [0.3, 0.4) is 0 Å². The number of rotatable bonds is 4. The summed E-state index contributed by atoms with van der Waals surface area (Å²) in [5.41, 5.74) is 3.77. The van der Waals surface area contributed by atoms with Crippen molar-refractivity contribution in [2.45, 2.75) is 39.8 Å². The third-order valence-electron chi connectivity index (χ3n) is 3.95. The van der Waals surface area contributed by atoms with Crippen LogP contribution >= 0.6 is 0 Å². The van der Waals surface area contributed by atoms with E-state index in [1.54, 1.807) is 18.2 Å². The summed E-state index contributed by atoms with van der Waals surface area (Å²) < 4.78 is 1.82. The highest BCUT2D eigenvalue weighted by Crippen LogP contribution is 2.26. The molecule has 1 aromatic heterocycles. The van der Waals surface area contributed by atoms with E-state index in [2.05, 4.69) is 15.6 Å². The number of phenols is 1. The number of phenolic OH excluding ortho intramolecular Hbond substituents is 1. The van der Waals surface area contributed by atoms with Crippen molar-refractivity contribution >= 4 is 17.3 Å². The molecule has 1 aliphatic rings. The number of aromatic hydroxyl groups is 1. The largest absolute Gasteiger partial charge is 0.506 e. The molecule has 1 atom stereocenters. The zero-order chi connectivity index (χ0) is 17.3. The SMILES string of the molecule is CCn1cc(C2=NOC(C(=O)Nc3cc(C)ccc3O)C2)c(C)n1. The number of hydrogen-bond donors (Lipinski definition) is 2. The number of carbonyl (C=O) groups excluding carboxylic acids is 1. The van der Waals surface area contributed by atoms with Crippen LogP contribution in [0.15, 0.2) is 29.6 Å². The first kappa shape index (κ1) is 16.0. The summed E-state index contributed by atoms with van der Waals surface area (Å²) in [7, 11) is 0. The average Bonchev–Trinajstić information content (AvgIpc) is 3.17. The second-order valence-electron chi connectivity index (χ2n) is 5.83. The molecule has 1 unspecified atom stereocenters. The molecule has 1 aliphatic heterocycles. The Bertz CT molecular complexity index is 810. The van der Waals surface area contributed by atoms with E-state index in [-0.39, 0.29) is 11.7 Å². The van der Waals surface area contributed by atoms with Crippen molar-refractivity contribution in [1.29, 1.82) is 0 Å². The van der Waals surface area contributed by atoms with Gasteiger partial charge in [0.2, 0.25) is 6.10 Å². The molecule has 0 bridgehead atoms. The van der Waals surface area contributed by atoms with Crippen molar-refractivity contribution < 1.29 is 14.7 Å². The number of carbonyl (C=O) groups is 1. The molecule has 24 heavy (non-hydrogen) atoms. The monoisotopic (exact) mass is 328 g/mol. The molecule has 0 aliphatic carbocycles. The molecule has 0 radical (unpaired) electrons.